The fourth-order valence-electron chi connectivity index (χ4n) is 2.79. The zero-order valence-electron chi connectivity index (χ0n) is 15.1. The van der Waals surface area contributed by atoms with Gasteiger partial charge in [-0.2, -0.15) is 0 Å². The van der Waals surface area contributed by atoms with Crippen molar-refractivity contribution in [3.05, 3.63) is 0 Å². The van der Waals surface area contributed by atoms with E-state index in [1.165, 1.54) is 51.4 Å². The van der Waals surface area contributed by atoms with Gasteiger partial charge in [0.15, 0.2) is 0 Å². The number of hydrogen-bond donors (Lipinski definition) is 3. The smallest absolute Gasteiger partial charge is 0.303 e. The molecule has 3 N–H and O–H groups in total. The van der Waals surface area contributed by atoms with Crippen LogP contribution in [0.5, 0.6) is 0 Å². The van der Waals surface area contributed by atoms with E-state index in [1.807, 2.05) is 0 Å². The minimum Gasteiger partial charge on any atom is -0.303 e. The van der Waals surface area contributed by atoms with Crippen molar-refractivity contribution in [2.75, 3.05) is 0 Å². The van der Waals surface area contributed by atoms with E-state index < -0.39 is 7.82 Å². The molecule has 0 radical (unpaired) electrons. The Morgan fingerprint density at radius 1 is 0.818 bits per heavy atom. The van der Waals surface area contributed by atoms with Gasteiger partial charge in [-0.15, -0.1) is 0 Å². The molecule has 0 rings (SSSR count). The Hall–Kier alpha value is 1.37. The molecule has 0 amide bonds. The van der Waals surface area contributed by atoms with E-state index in [0.717, 1.165) is 11.8 Å². The zero-order chi connectivity index (χ0) is 17.4. The molecule has 0 fully saturated rings. The Labute approximate surface area is 156 Å². The summed E-state index contributed by atoms with van der Waals surface area (Å²) in [6, 6.07) is 0. The monoisotopic (exact) mass is 364 g/mol. The van der Waals surface area contributed by atoms with E-state index in [1.54, 1.807) is 5.04 Å². The molecule has 0 saturated carbocycles. The summed E-state index contributed by atoms with van der Waals surface area (Å²) < 4.78 is 12.2. The third-order valence-corrected chi connectivity index (χ3v) is 8.14. The van der Waals surface area contributed by atoms with Crippen LogP contribution in [0.3, 0.4) is 0 Å². The summed E-state index contributed by atoms with van der Waals surface area (Å²) in [4.78, 5) is 21.6. The summed E-state index contributed by atoms with van der Waals surface area (Å²) in [6.45, 7) is 9.45. The first kappa shape index (κ1) is 25.6. The molecule has 0 bridgehead atoms. The van der Waals surface area contributed by atoms with Crippen LogP contribution in [-0.4, -0.2) is 48.5 Å². The third kappa shape index (κ3) is 23.6. The first-order chi connectivity index (χ1) is 10.3. The molecule has 0 aromatic carbocycles. The molecule has 0 aliphatic carbocycles. The van der Waals surface area contributed by atoms with E-state index in [-0.39, 0.29) is 33.8 Å². The van der Waals surface area contributed by atoms with E-state index in [4.69, 9.17) is 19.2 Å². The van der Waals surface area contributed by atoms with Gasteiger partial charge in [-0.05, 0) is 0 Å². The van der Waals surface area contributed by atoms with Crippen molar-refractivity contribution in [1.82, 2.24) is 0 Å². The zero-order valence-corrected chi connectivity index (χ0v) is 18.2. The molecule has 0 aliphatic rings. The van der Waals surface area contributed by atoms with Crippen molar-refractivity contribution in [2.24, 2.45) is 11.8 Å². The Bertz CT molecular complexity index is 247. The van der Waals surface area contributed by atoms with E-state index in [0.29, 0.717) is 0 Å². The van der Waals surface area contributed by atoms with E-state index >= 15 is 0 Å². The van der Waals surface area contributed by atoms with Gasteiger partial charge in [0.05, 0.1) is 0 Å². The van der Waals surface area contributed by atoms with Crippen LogP contribution in [0.2, 0.25) is 5.04 Å². The molecule has 0 saturated heterocycles. The molecule has 0 aromatic rings. The SMILES string of the molecule is CCCCC(CC)[CH2][Ca][CH2]C(CC)CCCC.O=P(O)(O)O. The van der Waals surface area contributed by atoms with E-state index in [9.17, 15) is 0 Å². The first-order valence-electron chi connectivity index (χ1n) is 9.06. The van der Waals surface area contributed by atoms with Gasteiger partial charge in [-0.3, -0.25) is 0 Å². The molecule has 0 aromatic heterocycles. The molecule has 6 heteroatoms. The van der Waals surface area contributed by atoms with Crippen LogP contribution in [0.25, 0.3) is 0 Å². The predicted molar refractivity (Wildman–Crippen MR) is 96.2 cm³/mol. The fourth-order valence-corrected chi connectivity index (χ4v) is 7.13. The minimum absolute atomic E-state index is 0.195. The molecule has 2 unspecified atom stereocenters. The van der Waals surface area contributed by atoms with Gasteiger partial charge in [0.2, 0.25) is 0 Å². The van der Waals surface area contributed by atoms with Crippen LogP contribution in [0.1, 0.15) is 79.1 Å². The number of unbranched alkanes of at least 4 members (excludes halogenated alkanes) is 2. The largest absolute Gasteiger partial charge is 0.466 e. The van der Waals surface area contributed by atoms with Crippen LogP contribution >= 0.6 is 7.82 Å². The summed E-state index contributed by atoms with van der Waals surface area (Å²) in [6.07, 6.45) is 11.6. The normalized spacial score (nSPS) is 13.8. The molecule has 0 aliphatic heterocycles. The molecule has 4 nitrogen and oxygen atoms in total. The maximum atomic E-state index is 8.88. The quantitative estimate of drug-likeness (QED) is 0.335. The van der Waals surface area contributed by atoms with Gasteiger partial charge in [0.25, 0.3) is 0 Å². The van der Waals surface area contributed by atoms with Gasteiger partial charge >= 0.3 is 138 Å². The second-order valence-electron chi connectivity index (χ2n) is 6.28. The van der Waals surface area contributed by atoms with Gasteiger partial charge in [0.1, 0.15) is 0 Å². The topological polar surface area (TPSA) is 77.8 Å². The van der Waals surface area contributed by atoms with Crippen LogP contribution < -0.4 is 0 Å². The molecule has 0 heterocycles. The third-order valence-electron chi connectivity index (χ3n) is 4.31. The maximum absolute atomic E-state index is 8.88. The Morgan fingerprint density at radius 3 is 1.36 bits per heavy atom. The summed E-state index contributed by atoms with van der Waals surface area (Å²) >= 11 is -0.195. The minimum atomic E-state index is -4.64. The van der Waals surface area contributed by atoms with Crippen molar-refractivity contribution in [3.8, 4) is 0 Å². The number of rotatable bonds is 12. The molecule has 132 valence electrons. The standard InChI is InChI=1S/2C8H17.Ca.H3O4P/c2*1-4-6-7-8(3)5-2;;1-5(2,3)4/h2*8H,3-7H2,1-2H3;;(H3,1,2,3,4). The van der Waals surface area contributed by atoms with E-state index in [2.05, 4.69) is 27.7 Å². The van der Waals surface area contributed by atoms with Crippen molar-refractivity contribution in [1.29, 1.82) is 0 Å². The fraction of sp³-hybridized carbons (Fsp3) is 1.00. The van der Waals surface area contributed by atoms with Crippen molar-refractivity contribution in [2.45, 2.75) is 84.1 Å². The second kappa shape index (κ2) is 17.2. The van der Waals surface area contributed by atoms with Crippen LogP contribution in [-0.2, 0) is 4.57 Å². The average molecular weight is 365 g/mol. The van der Waals surface area contributed by atoms with Gasteiger partial charge in [-0.25, -0.2) is 4.57 Å². The molecular formula is C16H37CaO4P. The van der Waals surface area contributed by atoms with Crippen molar-refractivity contribution >= 4 is 41.7 Å². The predicted octanol–water partition coefficient (Wildman–Crippen LogP) is 5.03. The second-order valence-corrected chi connectivity index (χ2v) is 10.2. The molecule has 2 atom stereocenters. The maximum Gasteiger partial charge on any atom is 0.466 e. The number of phosphoric acid groups is 1. The summed E-state index contributed by atoms with van der Waals surface area (Å²) in [5.74, 6) is 2.19. The van der Waals surface area contributed by atoms with Crippen LogP contribution in [0.15, 0.2) is 0 Å². The van der Waals surface area contributed by atoms with Crippen LogP contribution in [0.4, 0.5) is 0 Å². The average Bonchev–Trinajstić information content (AvgIpc) is 2.44. The van der Waals surface area contributed by atoms with Crippen molar-refractivity contribution in [3.63, 3.8) is 0 Å². The Balaban J connectivity index is 0. The summed E-state index contributed by atoms with van der Waals surface area (Å²) in [7, 11) is -4.64. The van der Waals surface area contributed by atoms with Crippen molar-refractivity contribution < 1.29 is 19.2 Å². The molecule has 22 heavy (non-hydrogen) atoms. The van der Waals surface area contributed by atoms with Gasteiger partial charge < -0.3 is 14.7 Å². The molecular weight excluding hydrogens is 327 g/mol. The van der Waals surface area contributed by atoms with Gasteiger partial charge in [-0.1, -0.05) is 0 Å². The van der Waals surface area contributed by atoms with Crippen LogP contribution in [0, 0.1) is 11.8 Å². The summed E-state index contributed by atoms with van der Waals surface area (Å²) in [5.41, 5.74) is 0. The Kier molecular flexibility index (Phi) is 20.0. The Morgan fingerprint density at radius 2 is 1.14 bits per heavy atom. The molecule has 0 spiro atoms. The first-order valence-corrected chi connectivity index (χ1v) is 13.7. The van der Waals surface area contributed by atoms with Gasteiger partial charge in [0, 0.05) is 0 Å². The summed E-state index contributed by atoms with van der Waals surface area (Å²) in [5, 5.41) is 0. The number of hydrogen-bond acceptors (Lipinski definition) is 1.